The Bertz CT molecular complexity index is 1200. The first-order valence-corrected chi connectivity index (χ1v) is 11.5. The van der Waals surface area contributed by atoms with Gasteiger partial charge in [0.2, 0.25) is 0 Å². The molecular formula is C23H23FN4O5S. The van der Waals surface area contributed by atoms with E-state index in [4.69, 9.17) is 14.2 Å². The molecule has 0 spiro atoms. The molecule has 0 saturated heterocycles. The van der Waals surface area contributed by atoms with Crippen molar-refractivity contribution >= 4 is 29.1 Å². The van der Waals surface area contributed by atoms with Crippen LogP contribution < -0.4 is 14.8 Å². The molecule has 1 aromatic heterocycles. The van der Waals surface area contributed by atoms with Gasteiger partial charge >= 0.3 is 0 Å². The molecule has 0 bridgehead atoms. The van der Waals surface area contributed by atoms with Crippen LogP contribution in [-0.2, 0) is 16.1 Å². The lowest BCUT2D eigenvalue weighted by atomic mass is 10.1. The Labute approximate surface area is 199 Å². The van der Waals surface area contributed by atoms with E-state index in [-0.39, 0.29) is 42.4 Å². The number of hydrogen-bond donors (Lipinski definition) is 1. The highest BCUT2D eigenvalue weighted by Gasteiger charge is 2.21. The molecule has 1 atom stereocenters. The normalized spacial score (nSPS) is 13.6. The zero-order valence-electron chi connectivity index (χ0n) is 18.6. The van der Waals surface area contributed by atoms with Crippen LogP contribution in [0.4, 0.5) is 10.1 Å². The summed E-state index contributed by atoms with van der Waals surface area (Å²) in [6.45, 7) is 2.27. The van der Waals surface area contributed by atoms with Gasteiger partial charge in [-0.05, 0) is 37.3 Å². The average molecular weight is 487 g/mol. The highest BCUT2D eigenvalue weighted by Crippen LogP contribution is 2.30. The van der Waals surface area contributed by atoms with Crippen molar-refractivity contribution in [2.75, 3.05) is 31.4 Å². The molecule has 0 saturated carbocycles. The number of nitrogens with one attached hydrogen (secondary N) is 1. The van der Waals surface area contributed by atoms with E-state index in [9.17, 15) is 14.0 Å². The van der Waals surface area contributed by atoms with Gasteiger partial charge in [0.15, 0.2) is 34.9 Å². The van der Waals surface area contributed by atoms with Crippen LogP contribution >= 0.6 is 11.8 Å². The maximum atomic E-state index is 13.9. The molecule has 0 aliphatic carbocycles. The first kappa shape index (κ1) is 23.7. The number of halogens is 1. The minimum Gasteiger partial charge on any atom is -0.483 e. The van der Waals surface area contributed by atoms with Crippen molar-refractivity contribution in [3.05, 3.63) is 59.7 Å². The fraction of sp³-hybridized carbons (Fsp3) is 0.304. The van der Waals surface area contributed by atoms with Gasteiger partial charge in [0, 0.05) is 12.7 Å². The quantitative estimate of drug-likeness (QED) is 0.343. The summed E-state index contributed by atoms with van der Waals surface area (Å²) in [6, 6.07) is 10.9. The number of ether oxygens (including phenoxy) is 3. The van der Waals surface area contributed by atoms with Crippen molar-refractivity contribution in [2.45, 2.75) is 24.7 Å². The summed E-state index contributed by atoms with van der Waals surface area (Å²) < 4.78 is 31.9. The van der Waals surface area contributed by atoms with Gasteiger partial charge in [-0.25, -0.2) is 4.39 Å². The van der Waals surface area contributed by atoms with E-state index in [1.54, 1.807) is 37.4 Å². The molecule has 3 aromatic rings. The molecular weight excluding hydrogens is 463 g/mol. The van der Waals surface area contributed by atoms with Crippen LogP contribution in [0.25, 0.3) is 0 Å². The van der Waals surface area contributed by atoms with E-state index >= 15 is 0 Å². The Kier molecular flexibility index (Phi) is 7.43. The number of thioether (sulfide) groups is 1. The Morgan fingerprint density at radius 2 is 2.12 bits per heavy atom. The number of amides is 1. The van der Waals surface area contributed by atoms with Crippen LogP contribution in [0.5, 0.6) is 11.5 Å². The summed E-state index contributed by atoms with van der Waals surface area (Å²) in [5.74, 6) is 0.338. The molecule has 2 aromatic carbocycles. The highest BCUT2D eigenvalue weighted by atomic mass is 32.2. The van der Waals surface area contributed by atoms with E-state index in [0.717, 1.165) is 0 Å². The molecule has 0 radical (unpaired) electrons. The van der Waals surface area contributed by atoms with Crippen molar-refractivity contribution in [3.63, 3.8) is 0 Å². The minimum absolute atomic E-state index is 0.00101. The summed E-state index contributed by atoms with van der Waals surface area (Å²) in [5, 5.41) is 11.6. The van der Waals surface area contributed by atoms with E-state index in [0.29, 0.717) is 34.6 Å². The van der Waals surface area contributed by atoms with Crippen molar-refractivity contribution in [3.8, 4) is 11.5 Å². The van der Waals surface area contributed by atoms with Crippen molar-refractivity contribution in [1.29, 1.82) is 0 Å². The van der Waals surface area contributed by atoms with Crippen LogP contribution in [-0.4, -0.2) is 52.5 Å². The van der Waals surface area contributed by atoms with Gasteiger partial charge in [0.1, 0.15) is 12.4 Å². The minimum atomic E-state index is -0.467. The lowest BCUT2D eigenvalue weighted by Gasteiger charge is -2.18. The lowest BCUT2D eigenvalue weighted by molar-refractivity contribution is -0.118. The van der Waals surface area contributed by atoms with Gasteiger partial charge in [-0.1, -0.05) is 23.9 Å². The predicted octanol–water partition coefficient (Wildman–Crippen LogP) is 3.51. The van der Waals surface area contributed by atoms with Gasteiger partial charge in [-0.15, -0.1) is 10.2 Å². The van der Waals surface area contributed by atoms with Crippen molar-refractivity contribution in [1.82, 2.24) is 14.8 Å². The number of methoxy groups -OCH3 is 1. The Hall–Kier alpha value is -3.44. The van der Waals surface area contributed by atoms with Crippen LogP contribution in [0.2, 0.25) is 0 Å². The number of aromatic nitrogens is 3. The highest BCUT2D eigenvalue weighted by molar-refractivity contribution is 7.99. The van der Waals surface area contributed by atoms with E-state index < -0.39 is 5.82 Å². The maximum absolute atomic E-state index is 13.9. The van der Waals surface area contributed by atoms with E-state index in [1.165, 1.54) is 23.9 Å². The van der Waals surface area contributed by atoms with Crippen LogP contribution in [0.15, 0.2) is 47.6 Å². The van der Waals surface area contributed by atoms with Gasteiger partial charge in [-0.3, -0.25) is 14.2 Å². The van der Waals surface area contributed by atoms with Gasteiger partial charge in [-0.2, -0.15) is 0 Å². The zero-order chi connectivity index (χ0) is 24.1. The predicted molar refractivity (Wildman–Crippen MR) is 123 cm³/mol. The molecule has 1 N–H and O–H groups in total. The largest absolute Gasteiger partial charge is 0.483 e. The number of Topliss-reactive ketones (excluding diaryl/α,β-unsaturated/α-hetero) is 1. The summed E-state index contributed by atoms with van der Waals surface area (Å²) in [4.78, 5) is 24.4. The van der Waals surface area contributed by atoms with Crippen LogP contribution in [0.3, 0.4) is 0 Å². The van der Waals surface area contributed by atoms with Gasteiger partial charge in [0.05, 0.1) is 24.1 Å². The first-order valence-electron chi connectivity index (χ1n) is 10.5. The molecule has 1 aliphatic heterocycles. The third-order valence-corrected chi connectivity index (χ3v) is 5.99. The molecule has 1 aliphatic rings. The fourth-order valence-corrected chi connectivity index (χ4v) is 4.39. The molecule has 11 heteroatoms. The molecule has 34 heavy (non-hydrogen) atoms. The third kappa shape index (κ3) is 5.37. The smallest absolute Gasteiger partial charge is 0.262 e. The summed E-state index contributed by atoms with van der Waals surface area (Å²) >= 11 is 1.22. The second-order valence-corrected chi connectivity index (χ2v) is 8.49. The number of carbonyl (C=O) groups is 2. The molecule has 0 fully saturated rings. The summed E-state index contributed by atoms with van der Waals surface area (Å²) in [7, 11) is 1.59. The number of benzene rings is 2. The van der Waals surface area contributed by atoms with Gasteiger partial charge in [0.25, 0.3) is 5.91 Å². The van der Waals surface area contributed by atoms with Gasteiger partial charge < -0.3 is 19.5 Å². The summed E-state index contributed by atoms with van der Waals surface area (Å²) in [5.41, 5.74) is 0.910. The molecule has 2 heterocycles. The number of hydrogen-bond acceptors (Lipinski definition) is 8. The molecule has 178 valence electrons. The topological polar surface area (TPSA) is 105 Å². The lowest BCUT2D eigenvalue weighted by Crippen LogP contribution is -2.25. The first-order chi connectivity index (χ1) is 16.5. The number of rotatable bonds is 10. The van der Waals surface area contributed by atoms with E-state index in [2.05, 4.69) is 15.5 Å². The molecule has 9 nitrogen and oxygen atoms in total. The zero-order valence-corrected chi connectivity index (χ0v) is 19.4. The number of nitrogens with zero attached hydrogens (tertiary/aromatic N) is 3. The molecule has 0 unspecified atom stereocenters. The molecule has 4 rings (SSSR count). The van der Waals surface area contributed by atoms with Crippen LogP contribution in [0, 0.1) is 5.82 Å². The second kappa shape index (κ2) is 10.7. The van der Waals surface area contributed by atoms with Crippen molar-refractivity contribution < 1.29 is 28.2 Å². The SMILES string of the molecule is COC[C@@H](C)n1c(COc2ccccc2F)nnc1SCC(=O)c1ccc2c(c1)NC(=O)CO2. The molecule has 1 amide bonds. The van der Waals surface area contributed by atoms with E-state index in [1.807, 2.05) is 11.5 Å². The monoisotopic (exact) mass is 486 g/mol. The standard InChI is InChI=1S/C23H23FN4O5S/c1-14(10-31-2)28-21(11-32-19-6-4-3-5-16(19)24)26-27-23(28)34-13-18(29)15-7-8-20-17(9-15)25-22(30)12-33-20/h3-9,14H,10-13H2,1-2H3,(H,25,30)/t14-/m1/s1. The number of ketones is 1. The Morgan fingerprint density at radius 1 is 1.29 bits per heavy atom. The Morgan fingerprint density at radius 3 is 2.91 bits per heavy atom. The van der Waals surface area contributed by atoms with Crippen molar-refractivity contribution in [2.24, 2.45) is 0 Å². The number of fused-ring (bicyclic) bond motifs is 1. The number of para-hydroxylation sites is 1. The number of carbonyl (C=O) groups excluding carboxylic acids is 2. The fourth-order valence-electron chi connectivity index (χ4n) is 3.44. The average Bonchev–Trinajstić information content (AvgIpc) is 3.24. The second-order valence-electron chi connectivity index (χ2n) is 7.55. The Balaban J connectivity index is 1.48. The van der Waals surface area contributed by atoms with Crippen LogP contribution in [0.1, 0.15) is 29.1 Å². The third-order valence-electron chi connectivity index (χ3n) is 5.04. The summed E-state index contributed by atoms with van der Waals surface area (Å²) in [6.07, 6.45) is 0. The maximum Gasteiger partial charge on any atom is 0.262 e. The number of anilines is 1.